The molecule has 3 bridgehead atoms. The molecule has 3 aromatic rings. The summed E-state index contributed by atoms with van der Waals surface area (Å²) in [4.78, 5) is 42.9. The molecular weight excluding hydrogens is 821 g/mol. The molecule has 2 spiro atoms. The molecule has 3 N–H and O–H groups in total. The highest BCUT2D eigenvalue weighted by Crippen LogP contribution is 2.76. The number of hydrogen-bond donors (Lipinski definition) is 3. The van der Waals surface area contributed by atoms with E-state index in [1.165, 1.54) is 0 Å². The van der Waals surface area contributed by atoms with E-state index in [4.69, 9.17) is 33.2 Å². The third-order valence-corrected chi connectivity index (χ3v) is 16.1. The number of ether oxygens (including phenoxy) is 7. The van der Waals surface area contributed by atoms with Crippen molar-refractivity contribution >= 4 is 17.9 Å². The fourth-order valence-electron chi connectivity index (χ4n) is 13.3. The number of rotatable bonds is 9. The van der Waals surface area contributed by atoms with Crippen LogP contribution in [-0.2, 0) is 33.2 Å². The van der Waals surface area contributed by atoms with Gasteiger partial charge in [0.1, 0.15) is 35.6 Å². The zero-order chi connectivity index (χ0) is 44.8. The van der Waals surface area contributed by atoms with Crippen molar-refractivity contribution in [3.05, 3.63) is 120 Å². The molecule has 4 saturated heterocycles. The number of hydrogen-bond acceptors (Lipinski definition) is 13. The van der Waals surface area contributed by atoms with Gasteiger partial charge in [-0.05, 0) is 79.5 Å². The van der Waals surface area contributed by atoms with Gasteiger partial charge in [-0.3, -0.25) is 0 Å². The topological polar surface area (TPSA) is 180 Å². The van der Waals surface area contributed by atoms with Gasteiger partial charge in [0.25, 0.3) is 0 Å². The highest BCUT2D eigenvalue weighted by molar-refractivity contribution is 5.90. The van der Waals surface area contributed by atoms with Crippen molar-refractivity contribution in [3.8, 4) is 0 Å². The standard InChI is InChI=1S/C51H58O13/c1-29(2)47-26-35(27-58-43(54)32-19-11-7-12-20-32)50-38-41(47)62-51(63-47,64-50)36(53)25-17-6-5-10-18-30(3)37-31(4)40(59-44(55)33-21-13-8-14-22-33)49(57,39(37)50)46(48(28-52)42(38)61-48)60-45(56)34-23-15-9-16-24-34/h7-9,11-16,19-24,30-31,35-42,46,52-53,57H,1,5-6,10,17-18,25-28H2,2-4H3/t30-,31+,35+,36-,37+,38-,39-,40+,41-,42+,46-,47-,48+,49-,50-,51?/m1/s1. The van der Waals surface area contributed by atoms with Crippen molar-refractivity contribution in [2.75, 3.05) is 13.2 Å². The Balaban J connectivity index is 1.24. The van der Waals surface area contributed by atoms with Gasteiger partial charge in [0.2, 0.25) is 0 Å². The second kappa shape index (κ2) is 15.9. The number of carbonyl (C=O) groups is 3. The zero-order valence-corrected chi connectivity index (χ0v) is 36.5. The molecule has 0 amide bonds. The third-order valence-electron chi connectivity index (χ3n) is 16.1. The first-order chi connectivity index (χ1) is 30.8. The molecule has 1 unspecified atom stereocenters. The maximum Gasteiger partial charge on any atom is 0.338 e. The molecule has 10 rings (SSSR count). The van der Waals surface area contributed by atoms with Crippen LogP contribution in [0.15, 0.2) is 103 Å². The van der Waals surface area contributed by atoms with E-state index in [9.17, 15) is 29.7 Å². The van der Waals surface area contributed by atoms with E-state index >= 15 is 0 Å². The molecule has 3 aromatic carbocycles. The van der Waals surface area contributed by atoms with Gasteiger partial charge in [-0.15, -0.1) is 0 Å². The lowest BCUT2D eigenvalue weighted by molar-refractivity contribution is -0.459. The van der Waals surface area contributed by atoms with Crippen LogP contribution in [0.5, 0.6) is 0 Å². The van der Waals surface area contributed by atoms with E-state index in [0.717, 1.165) is 25.7 Å². The molecular formula is C51H58O13. The van der Waals surface area contributed by atoms with E-state index < -0.39 is 113 Å². The molecule has 16 atom stereocenters. The van der Waals surface area contributed by atoms with Crippen LogP contribution in [0.4, 0.5) is 0 Å². The van der Waals surface area contributed by atoms with Crippen LogP contribution in [0.3, 0.4) is 0 Å². The van der Waals surface area contributed by atoms with Crippen molar-refractivity contribution in [3.63, 3.8) is 0 Å². The Morgan fingerprint density at radius 2 is 1.34 bits per heavy atom. The molecule has 4 aliphatic heterocycles. The lowest BCUT2D eigenvalue weighted by Gasteiger charge is -2.62. The van der Waals surface area contributed by atoms with Crippen molar-refractivity contribution in [2.24, 2.45) is 35.5 Å². The highest BCUT2D eigenvalue weighted by Gasteiger charge is 2.92. The summed E-state index contributed by atoms with van der Waals surface area (Å²) in [6, 6.07) is 25.5. The number of aliphatic hydroxyl groups is 3. The van der Waals surface area contributed by atoms with Crippen LogP contribution in [0, 0.1) is 35.5 Å². The minimum Gasteiger partial charge on any atom is -0.462 e. The Morgan fingerprint density at radius 3 is 1.94 bits per heavy atom. The van der Waals surface area contributed by atoms with Crippen LogP contribution in [-0.4, -0.2) is 105 Å². The van der Waals surface area contributed by atoms with E-state index in [-0.39, 0.29) is 36.5 Å². The van der Waals surface area contributed by atoms with Gasteiger partial charge in [0.05, 0.1) is 35.5 Å². The summed E-state index contributed by atoms with van der Waals surface area (Å²) in [6.45, 7) is 9.38. The van der Waals surface area contributed by atoms with Crippen LogP contribution in [0.2, 0.25) is 0 Å². The Kier molecular flexibility index (Phi) is 10.8. The smallest absolute Gasteiger partial charge is 0.338 e. The average Bonchev–Trinajstić information content (AvgIpc) is 3.94. The van der Waals surface area contributed by atoms with Crippen molar-refractivity contribution in [2.45, 2.75) is 125 Å². The van der Waals surface area contributed by atoms with Gasteiger partial charge >= 0.3 is 23.9 Å². The van der Waals surface area contributed by atoms with Gasteiger partial charge in [0, 0.05) is 17.8 Å². The highest BCUT2D eigenvalue weighted by atomic mass is 16.9. The second-order valence-electron chi connectivity index (χ2n) is 19.5. The number of esters is 3. The Labute approximate surface area is 373 Å². The van der Waals surface area contributed by atoms with Crippen LogP contribution < -0.4 is 0 Å². The molecule has 64 heavy (non-hydrogen) atoms. The fourth-order valence-corrected chi connectivity index (χ4v) is 13.3. The molecule has 340 valence electrons. The summed E-state index contributed by atoms with van der Waals surface area (Å²) in [5, 5.41) is 38.8. The number of carbonyl (C=O) groups excluding carboxylic acids is 3. The first-order valence-corrected chi connectivity index (χ1v) is 22.9. The predicted molar refractivity (Wildman–Crippen MR) is 228 cm³/mol. The summed E-state index contributed by atoms with van der Waals surface area (Å²) < 4.78 is 48.0. The van der Waals surface area contributed by atoms with Crippen molar-refractivity contribution in [1.29, 1.82) is 0 Å². The van der Waals surface area contributed by atoms with E-state index in [1.54, 1.807) is 91.0 Å². The second-order valence-corrected chi connectivity index (χ2v) is 19.5. The summed E-state index contributed by atoms with van der Waals surface area (Å²) in [5.41, 5.74) is -5.77. The largest absolute Gasteiger partial charge is 0.462 e. The molecule has 0 aromatic heterocycles. The zero-order valence-electron chi connectivity index (χ0n) is 36.5. The fraction of sp³-hybridized carbons (Fsp3) is 0.549. The SMILES string of the molecule is C=C(C)[C@]12C[C@@H](COC(=O)c3ccccc3)[C@@]34OC5(O[C@@H]1[C@@H]3[C@@H]1O[C@]1(CO)[C@@H](OC(=O)c1ccccc1)[C@@]1(O)[C@H]4[C@H]([C@H](C)[C@@H]1OC(=O)c1ccccc1)[C@H](C)CCCCCC[C@H]5O)O2. The normalized spacial score (nSPS) is 42.7. The van der Waals surface area contributed by atoms with Crippen LogP contribution in [0.1, 0.15) is 96.8 Å². The lowest BCUT2D eigenvalue weighted by Crippen LogP contribution is -2.75. The van der Waals surface area contributed by atoms with Gasteiger partial charge in [0.15, 0.2) is 11.7 Å². The molecule has 3 aliphatic carbocycles. The summed E-state index contributed by atoms with van der Waals surface area (Å²) in [6.07, 6.45) is -1.93. The number of aliphatic hydroxyl groups excluding tert-OH is 2. The number of fused-ring (bicyclic) bond motifs is 1. The minimum absolute atomic E-state index is 0.129. The maximum absolute atomic E-state index is 14.6. The van der Waals surface area contributed by atoms with Crippen LogP contribution in [0.25, 0.3) is 0 Å². The van der Waals surface area contributed by atoms with E-state index in [1.807, 2.05) is 13.8 Å². The quantitative estimate of drug-likeness (QED) is 0.0960. The first kappa shape index (κ1) is 43.4. The Morgan fingerprint density at radius 1 is 0.766 bits per heavy atom. The van der Waals surface area contributed by atoms with Gasteiger partial charge < -0.3 is 48.5 Å². The maximum atomic E-state index is 14.6. The monoisotopic (exact) mass is 878 g/mol. The number of benzene rings is 3. The molecule has 7 fully saturated rings. The minimum atomic E-state index is -2.35. The van der Waals surface area contributed by atoms with Crippen LogP contribution >= 0.6 is 0 Å². The Bertz CT molecular complexity index is 2270. The predicted octanol–water partition coefficient (Wildman–Crippen LogP) is 6.19. The molecule has 13 nitrogen and oxygen atoms in total. The van der Waals surface area contributed by atoms with Gasteiger partial charge in [-0.25, -0.2) is 14.4 Å². The summed E-state index contributed by atoms with van der Waals surface area (Å²) >= 11 is 0. The van der Waals surface area contributed by atoms with Gasteiger partial charge in [-0.1, -0.05) is 107 Å². The molecule has 3 saturated carbocycles. The van der Waals surface area contributed by atoms with E-state index in [2.05, 4.69) is 13.5 Å². The Hall–Kier alpha value is -4.47. The summed E-state index contributed by atoms with van der Waals surface area (Å²) in [5.74, 6) is -8.25. The summed E-state index contributed by atoms with van der Waals surface area (Å²) in [7, 11) is 0. The van der Waals surface area contributed by atoms with Gasteiger partial charge in [-0.2, -0.15) is 0 Å². The van der Waals surface area contributed by atoms with Crippen molar-refractivity contribution in [1.82, 2.24) is 0 Å². The molecule has 7 aliphatic rings. The van der Waals surface area contributed by atoms with E-state index in [0.29, 0.717) is 17.6 Å². The average molecular weight is 879 g/mol. The molecule has 13 heteroatoms. The lowest BCUT2D eigenvalue weighted by atomic mass is 9.51. The molecule has 4 heterocycles. The molecule has 0 radical (unpaired) electrons. The number of epoxide rings is 1. The first-order valence-electron chi connectivity index (χ1n) is 22.9. The van der Waals surface area contributed by atoms with Crippen molar-refractivity contribution < 1.29 is 62.9 Å². The third kappa shape index (κ3) is 6.25.